The number of methoxy groups -OCH3 is 1. The SMILES string of the molecule is CCCN(C=O)C1CCOCC1.COC(=O)Nc1ccc(N2CCCC(C)C2)nc1. The molecule has 2 aliphatic heterocycles. The fraction of sp³-hybridized carbons (Fsp3) is 0.682. The summed E-state index contributed by atoms with van der Waals surface area (Å²) in [6.45, 7) is 8.96. The molecule has 1 N–H and O–H groups in total. The molecule has 1 aromatic heterocycles. The second-order valence-electron chi connectivity index (χ2n) is 7.90. The third-order valence-corrected chi connectivity index (χ3v) is 5.44. The van der Waals surface area contributed by atoms with Gasteiger partial charge in [0.05, 0.1) is 19.0 Å². The molecule has 0 aliphatic carbocycles. The Morgan fingerprint density at radius 2 is 2.13 bits per heavy atom. The summed E-state index contributed by atoms with van der Waals surface area (Å²) in [5.74, 6) is 1.69. The third kappa shape index (κ3) is 7.82. The molecule has 3 rings (SSSR count). The molecule has 0 saturated carbocycles. The van der Waals surface area contributed by atoms with Gasteiger partial charge in [-0.05, 0) is 50.2 Å². The number of nitrogens with zero attached hydrogens (tertiary/aromatic N) is 3. The fourth-order valence-corrected chi connectivity index (χ4v) is 3.81. The molecule has 2 fully saturated rings. The van der Waals surface area contributed by atoms with Crippen LogP contribution in [0.15, 0.2) is 18.3 Å². The van der Waals surface area contributed by atoms with Crippen LogP contribution in [0.1, 0.15) is 46.0 Å². The van der Waals surface area contributed by atoms with Crippen LogP contribution in [0, 0.1) is 5.92 Å². The van der Waals surface area contributed by atoms with Crippen LogP contribution in [0.2, 0.25) is 0 Å². The van der Waals surface area contributed by atoms with Gasteiger partial charge in [0.25, 0.3) is 0 Å². The van der Waals surface area contributed by atoms with Crippen LogP contribution in [-0.4, -0.2) is 68.4 Å². The standard InChI is InChI=1S/C13H19N3O2.C9H17NO2/c1-10-4-3-7-16(9-10)12-6-5-11(8-14-12)15-13(17)18-2;1-2-5-10(8-11)9-3-6-12-7-4-9/h5-6,8,10H,3-4,7,9H2,1-2H3,(H,15,17);8-9H,2-7H2,1H3. The normalized spacial score (nSPS) is 19.3. The lowest BCUT2D eigenvalue weighted by Gasteiger charge is -2.31. The number of hydrogen-bond acceptors (Lipinski definition) is 6. The van der Waals surface area contributed by atoms with E-state index in [0.29, 0.717) is 17.6 Å². The fourth-order valence-electron chi connectivity index (χ4n) is 3.81. The Hall–Kier alpha value is -2.35. The first kappa shape index (κ1) is 23.9. The van der Waals surface area contributed by atoms with Crippen molar-refractivity contribution in [3.8, 4) is 0 Å². The van der Waals surface area contributed by atoms with Crippen LogP contribution in [0.3, 0.4) is 0 Å². The van der Waals surface area contributed by atoms with E-state index in [0.717, 1.165) is 64.3 Å². The molecule has 0 bridgehead atoms. The van der Waals surface area contributed by atoms with Crippen LogP contribution in [0.4, 0.5) is 16.3 Å². The van der Waals surface area contributed by atoms with Crippen LogP contribution in [-0.2, 0) is 14.3 Å². The van der Waals surface area contributed by atoms with Crippen molar-refractivity contribution in [2.24, 2.45) is 5.92 Å². The van der Waals surface area contributed by atoms with Crippen LogP contribution in [0.25, 0.3) is 0 Å². The molecule has 2 saturated heterocycles. The van der Waals surface area contributed by atoms with Crippen molar-refractivity contribution in [3.63, 3.8) is 0 Å². The highest BCUT2D eigenvalue weighted by Crippen LogP contribution is 2.22. The average molecular weight is 421 g/mol. The van der Waals surface area contributed by atoms with E-state index in [9.17, 15) is 9.59 Å². The maximum atomic E-state index is 11.0. The molecular formula is C22H36N4O4. The molecule has 168 valence electrons. The monoisotopic (exact) mass is 420 g/mol. The van der Waals surface area contributed by atoms with E-state index in [2.05, 4.69) is 33.8 Å². The number of piperidine rings is 1. The minimum absolute atomic E-state index is 0.427. The molecule has 2 amide bonds. The number of nitrogens with one attached hydrogen (secondary N) is 1. The van der Waals surface area contributed by atoms with Gasteiger partial charge in [0.15, 0.2) is 0 Å². The maximum Gasteiger partial charge on any atom is 0.411 e. The van der Waals surface area contributed by atoms with Gasteiger partial charge in [-0.1, -0.05) is 13.8 Å². The first-order valence-electron chi connectivity index (χ1n) is 10.9. The summed E-state index contributed by atoms with van der Waals surface area (Å²) in [6, 6.07) is 4.21. The Labute approximate surface area is 179 Å². The van der Waals surface area contributed by atoms with Crippen LogP contribution < -0.4 is 10.2 Å². The number of anilines is 2. The first-order valence-corrected chi connectivity index (χ1v) is 10.9. The van der Waals surface area contributed by atoms with Crippen molar-refractivity contribution in [1.29, 1.82) is 0 Å². The number of carbonyl (C=O) groups is 2. The van der Waals surface area contributed by atoms with E-state index in [-0.39, 0.29) is 0 Å². The second-order valence-corrected chi connectivity index (χ2v) is 7.90. The van der Waals surface area contributed by atoms with Gasteiger partial charge in [0, 0.05) is 38.9 Å². The average Bonchev–Trinajstić information content (AvgIpc) is 2.79. The highest BCUT2D eigenvalue weighted by Gasteiger charge is 2.19. The van der Waals surface area contributed by atoms with E-state index in [1.165, 1.54) is 20.0 Å². The molecule has 30 heavy (non-hydrogen) atoms. The highest BCUT2D eigenvalue weighted by molar-refractivity contribution is 5.84. The Balaban J connectivity index is 0.000000232. The summed E-state index contributed by atoms with van der Waals surface area (Å²) in [5.41, 5.74) is 0.649. The minimum Gasteiger partial charge on any atom is -0.453 e. The molecule has 1 atom stereocenters. The zero-order chi connectivity index (χ0) is 21.8. The van der Waals surface area contributed by atoms with Crippen molar-refractivity contribution < 1.29 is 19.1 Å². The van der Waals surface area contributed by atoms with Crippen molar-refractivity contribution in [1.82, 2.24) is 9.88 Å². The molecule has 0 spiro atoms. The van der Waals surface area contributed by atoms with Crippen molar-refractivity contribution in [2.45, 2.75) is 52.0 Å². The molecule has 8 nitrogen and oxygen atoms in total. The molecule has 2 aliphatic rings. The number of carbonyl (C=O) groups excluding carboxylic acids is 2. The topological polar surface area (TPSA) is 84.0 Å². The van der Waals surface area contributed by atoms with Gasteiger partial charge in [-0.15, -0.1) is 0 Å². The summed E-state index contributed by atoms with van der Waals surface area (Å²) in [5, 5.41) is 2.59. The van der Waals surface area contributed by atoms with Gasteiger partial charge in [-0.2, -0.15) is 0 Å². The zero-order valence-electron chi connectivity index (χ0n) is 18.5. The maximum absolute atomic E-state index is 11.0. The molecular weight excluding hydrogens is 384 g/mol. The van der Waals surface area contributed by atoms with Crippen LogP contribution in [0.5, 0.6) is 0 Å². The number of pyridine rings is 1. The lowest BCUT2D eigenvalue weighted by Crippen LogP contribution is -2.38. The number of hydrogen-bond donors (Lipinski definition) is 1. The van der Waals surface area contributed by atoms with E-state index in [1.54, 1.807) is 6.20 Å². The van der Waals surface area contributed by atoms with Gasteiger partial charge >= 0.3 is 6.09 Å². The van der Waals surface area contributed by atoms with E-state index in [4.69, 9.17) is 4.74 Å². The second kappa shape index (κ2) is 13.1. The molecule has 0 radical (unpaired) electrons. The summed E-state index contributed by atoms with van der Waals surface area (Å²) >= 11 is 0. The number of amides is 2. The molecule has 0 aromatic carbocycles. The van der Waals surface area contributed by atoms with E-state index >= 15 is 0 Å². The molecule has 1 aromatic rings. The Kier molecular flexibility index (Phi) is 10.4. The lowest BCUT2D eigenvalue weighted by molar-refractivity contribution is -0.122. The summed E-state index contributed by atoms with van der Waals surface area (Å²) in [4.78, 5) is 30.3. The Morgan fingerprint density at radius 1 is 1.37 bits per heavy atom. The van der Waals surface area contributed by atoms with Gasteiger partial charge in [-0.25, -0.2) is 9.78 Å². The summed E-state index contributed by atoms with van der Waals surface area (Å²) in [6.07, 6.45) is 7.69. The predicted molar refractivity (Wildman–Crippen MR) is 118 cm³/mol. The minimum atomic E-state index is -0.476. The summed E-state index contributed by atoms with van der Waals surface area (Å²) in [7, 11) is 1.34. The zero-order valence-corrected chi connectivity index (χ0v) is 18.5. The number of ether oxygens (including phenoxy) is 2. The number of aromatic nitrogens is 1. The quantitative estimate of drug-likeness (QED) is 0.709. The highest BCUT2D eigenvalue weighted by atomic mass is 16.5. The van der Waals surface area contributed by atoms with Crippen molar-refractivity contribution in [2.75, 3.05) is 50.2 Å². The lowest BCUT2D eigenvalue weighted by atomic mass is 10.0. The van der Waals surface area contributed by atoms with Gasteiger partial charge in [-0.3, -0.25) is 10.1 Å². The smallest absolute Gasteiger partial charge is 0.411 e. The predicted octanol–water partition coefficient (Wildman–Crippen LogP) is 3.53. The van der Waals surface area contributed by atoms with E-state index < -0.39 is 6.09 Å². The molecule has 3 heterocycles. The van der Waals surface area contributed by atoms with Gasteiger partial charge in [0.2, 0.25) is 6.41 Å². The Bertz CT molecular complexity index is 635. The third-order valence-electron chi connectivity index (χ3n) is 5.44. The Morgan fingerprint density at radius 3 is 2.70 bits per heavy atom. The molecule has 1 unspecified atom stereocenters. The first-order chi connectivity index (χ1) is 14.6. The molecule has 8 heteroatoms. The van der Waals surface area contributed by atoms with Gasteiger partial charge in [0.1, 0.15) is 5.82 Å². The number of rotatable bonds is 6. The van der Waals surface area contributed by atoms with Crippen molar-refractivity contribution in [3.05, 3.63) is 18.3 Å². The summed E-state index contributed by atoms with van der Waals surface area (Å²) < 4.78 is 9.76. The van der Waals surface area contributed by atoms with Crippen molar-refractivity contribution >= 4 is 24.0 Å². The van der Waals surface area contributed by atoms with Gasteiger partial charge < -0.3 is 19.3 Å². The van der Waals surface area contributed by atoms with E-state index in [1.807, 2.05) is 17.0 Å². The van der Waals surface area contributed by atoms with Crippen LogP contribution >= 0.6 is 0 Å². The largest absolute Gasteiger partial charge is 0.453 e.